The lowest BCUT2D eigenvalue weighted by Crippen LogP contribution is -2.48. The molecule has 1 N–H and O–H groups in total. The highest BCUT2D eigenvalue weighted by atomic mass is 16.2. The van der Waals surface area contributed by atoms with Crippen molar-refractivity contribution in [3.8, 4) is 0 Å². The van der Waals surface area contributed by atoms with Crippen LogP contribution in [0.1, 0.15) is 18.7 Å². The summed E-state index contributed by atoms with van der Waals surface area (Å²) in [4.78, 5) is 20.3. The number of amides is 1. The third-order valence-electron chi connectivity index (χ3n) is 3.45. The van der Waals surface area contributed by atoms with Crippen molar-refractivity contribution in [1.82, 2.24) is 25.0 Å². The topological polar surface area (TPSA) is 65.1 Å². The van der Waals surface area contributed by atoms with Crippen molar-refractivity contribution in [2.45, 2.75) is 19.4 Å². The van der Waals surface area contributed by atoms with Crippen molar-refractivity contribution in [2.75, 3.05) is 26.2 Å². The first kappa shape index (κ1) is 10.7. The molecule has 1 aromatic heterocycles. The Morgan fingerprint density at radius 1 is 1.35 bits per heavy atom. The van der Waals surface area contributed by atoms with Crippen LogP contribution in [0.15, 0.2) is 6.33 Å². The summed E-state index contributed by atoms with van der Waals surface area (Å²) >= 11 is 0. The second kappa shape index (κ2) is 4.44. The first-order chi connectivity index (χ1) is 8.33. The summed E-state index contributed by atoms with van der Waals surface area (Å²) in [6.07, 6.45) is 3.72. The molecule has 0 aromatic carbocycles. The molecule has 1 saturated carbocycles. The molecule has 3 rings (SSSR count). The lowest BCUT2D eigenvalue weighted by molar-refractivity contribution is -0.134. The van der Waals surface area contributed by atoms with E-state index in [-0.39, 0.29) is 0 Å². The van der Waals surface area contributed by atoms with E-state index in [1.165, 1.54) is 6.33 Å². The predicted octanol–water partition coefficient (Wildman–Crippen LogP) is -0.141. The van der Waals surface area contributed by atoms with Gasteiger partial charge < -0.3 is 4.90 Å². The molecule has 1 saturated heterocycles. The van der Waals surface area contributed by atoms with E-state index in [1.54, 1.807) is 0 Å². The Hall–Kier alpha value is -1.43. The average molecular weight is 235 g/mol. The maximum Gasteiger partial charge on any atom is 0.225 e. The van der Waals surface area contributed by atoms with Crippen molar-refractivity contribution in [3.63, 3.8) is 0 Å². The summed E-state index contributed by atoms with van der Waals surface area (Å²) in [5, 5.41) is 6.70. The third-order valence-corrected chi connectivity index (χ3v) is 3.45. The minimum Gasteiger partial charge on any atom is -0.340 e. The van der Waals surface area contributed by atoms with E-state index < -0.39 is 0 Å². The van der Waals surface area contributed by atoms with Gasteiger partial charge >= 0.3 is 0 Å². The summed E-state index contributed by atoms with van der Waals surface area (Å²) in [6.45, 7) is 4.36. The maximum atomic E-state index is 11.9. The number of nitrogens with zero attached hydrogens (tertiary/aromatic N) is 4. The van der Waals surface area contributed by atoms with Crippen molar-refractivity contribution in [3.05, 3.63) is 12.2 Å². The van der Waals surface area contributed by atoms with Gasteiger partial charge in [0.05, 0.1) is 6.54 Å². The number of H-pyrrole nitrogens is 1. The Morgan fingerprint density at radius 2 is 2.12 bits per heavy atom. The van der Waals surface area contributed by atoms with E-state index >= 15 is 0 Å². The molecule has 6 heteroatoms. The molecule has 6 nitrogen and oxygen atoms in total. The zero-order chi connectivity index (χ0) is 11.7. The van der Waals surface area contributed by atoms with Gasteiger partial charge in [0, 0.05) is 32.1 Å². The molecule has 1 aliphatic carbocycles. The Balaban J connectivity index is 1.48. The summed E-state index contributed by atoms with van der Waals surface area (Å²) in [6, 6.07) is 0. The fourth-order valence-corrected chi connectivity index (χ4v) is 2.23. The van der Waals surface area contributed by atoms with Crippen molar-refractivity contribution in [1.29, 1.82) is 0 Å². The molecule has 1 aromatic rings. The number of nitrogens with one attached hydrogen (secondary N) is 1. The molecule has 0 radical (unpaired) electrons. The van der Waals surface area contributed by atoms with Gasteiger partial charge in [0.2, 0.25) is 5.91 Å². The summed E-state index contributed by atoms with van der Waals surface area (Å²) in [5.74, 6) is 1.60. The number of aromatic nitrogens is 3. The summed E-state index contributed by atoms with van der Waals surface area (Å²) in [7, 11) is 0. The quantitative estimate of drug-likeness (QED) is 0.792. The molecular formula is C11H17N5O. The number of rotatable bonds is 3. The first-order valence-corrected chi connectivity index (χ1v) is 6.18. The van der Waals surface area contributed by atoms with Crippen LogP contribution in [0, 0.1) is 5.92 Å². The van der Waals surface area contributed by atoms with Gasteiger partial charge in [-0.3, -0.25) is 14.8 Å². The van der Waals surface area contributed by atoms with Crippen LogP contribution < -0.4 is 0 Å². The second-order valence-corrected chi connectivity index (χ2v) is 4.81. The highest BCUT2D eigenvalue weighted by Crippen LogP contribution is 2.31. The smallest absolute Gasteiger partial charge is 0.225 e. The highest BCUT2D eigenvalue weighted by Gasteiger charge is 2.34. The Bertz CT molecular complexity index is 379. The molecular weight excluding hydrogens is 218 g/mol. The predicted molar refractivity (Wildman–Crippen MR) is 61.0 cm³/mol. The van der Waals surface area contributed by atoms with Gasteiger partial charge in [0.15, 0.2) is 0 Å². The van der Waals surface area contributed by atoms with Crippen LogP contribution in [0.2, 0.25) is 0 Å². The molecule has 2 heterocycles. The van der Waals surface area contributed by atoms with Gasteiger partial charge in [0.25, 0.3) is 0 Å². The molecule has 0 spiro atoms. The third kappa shape index (κ3) is 2.46. The van der Waals surface area contributed by atoms with Crippen molar-refractivity contribution < 1.29 is 4.79 Å². The fraction of sp³-hybridized carbons (Fsp3) is 0.727. The second-order valence-electron chi connectivity index (χ2n) is 4.81. The molecule has 0 atom stereocenters. The molecule has 2 aliphatic rings. The molecule has 0 bridgehead atoms. The van der Waals surface area contributed by atoms with Gasteiger partial charge in [-0.1, -0.05) is 0 Å². The van der Waals surface area contributed by atoms with E-state index in [9.17, 15) is 4.79 Å². The van der Waals surface area contributed by atoms with Gasteiger partial charge in [-0.15, -0.1) is 0 Å². The Morgan fingerprint density at radius 3 is 2.71 bits per heavy atom. The number of hydrogen-bond acceptors (Lipinski definition) is 4. The molecule has 17 heavy (non-hydrogen) atoms. The number of piperazine rings is 1. The normalized spacial score (nSPS) is 21.8. The van der Waals surface area contributed by atoms with Gasteiger partial charge in [-0.25, -0.2) is 4.98 Å². The largest absolute Gasteiger partial charge is 0.340 e. The van der Waals surface area contributed by atoms with E-state index in [4.69, 9.17) is 0 Å². The van der Waals surface area contributed by atoms with Gasteiger partial charge in [-0.2, -0.15) is 5.10 Å². The standard InChI is InChI=1S/C11H17N5O/c17-11(9-1-2-9)16-5-3-15(4-6-16)7-10-12-8-13-14-10/h8-9H,1-7H2,(H,12,13,14). The summed E-state index contributed by atoms with van der Waals surface area (Å²) < 4.78 is 0. The lowest BCUT2D eigenvalue weighted by atomic mass is 10.2. The Labute approximate surface area is 100 Å². The molecule has 1 aliphatic heterocycles. The first-order valence-electron chi connectivity index (χ1n) is 6.18. The minimum absolute atomic E-state index is 0.343. The number of aromatic amines is 1. The number of carbonyl (C=O) groups excluding carboxylic acids is 1. The fourth-order valence-electron chi connectivity index (χ4n) is 2.23. The molecule has 2 fully saturated rings. The average Bonchev–Trinajstić information content (AvgIpc) is 3.09. The monoisotopic (exact) mass is 235 g/mol. The van der Waals surface area contributed by atoms with Crippen LogP contribution in [0.3, 0.4) is 0 Å². The number of carbonyl (C=O) groups is 1. The SMILES string of the molecule is O=C(C1CC1)N1CCN(Cc2ncn[nH]2)CC1. The van der Waals surface area contributed by atoms with Crippen LogP contribution in [0.25, 0.3) is 0 Å². The van der Waals surface area contributed by atoms with Crippen LogP contribution in [0.4, 0.5) is 0 Å². The zero-order valence-corrected chi connectivity index (χ0v) is 9.80. The Kier molecular flexibility index (Phi) is 2.80. The van der Waals surface area contributed by atoms with Crippen LogP contribution >= 0.6 is 0 Å². The molecule has 0 unspecified atom stereocenters. The van der Waals surface area contributed by atoms with Crippen molar-refractivity contribution >= 4 is 5.91 Å². The van der Waals surface area contributed by atoms with Crippen LogP contribution in [-0.4, -0.2) is 57.1 Å². The molecule has 92 valence electrons. The van der Waals surface area contributed by atoms with Gasteiger partial charge in [0.1, 0.15) is 12.2 Å². The molecule has 1 amide bonds. The van der Waals surface area contributed by atoms with Crippen molar-refractivity contribution in [2.24, 2.45) is 5.92 Å². The number of hydrogen-bond donors (Lipinski definition) is 1. The van der Waals surface area contributed by atoms with E-state index in [0.29, 0.717) is 11.8 Å². The van der Waals surface area contributed by atoms with Gasteiger partial charge in [-0.05, 0) is 12.8 Å². The highest BCUT2D eigenvalue weighted by molar-refractivity contribution is 5.81. The van der Waals surface area contributed by atoms with Crippen LogP contribution in [-0.2, 0) is 11.3 Å². The maximum absolute atomic E-state index is 11.9. The van der Waals surface area contributed by atoms with E-state index in [0.717, 1.165) is 51.4 Å². The summed E-state index contributed by atoms with van der Waals surface area (Å²) in [5.41, 5.74) is 0. The van der Waals surface area contributed by atoms with E-state index in [2.05, 4.69) is 20.1 Å². The van der Waals surface area contributed by atoms with Crippen LogP contribution in [0.5, 0.6) is 0 Å². The van der Waals surface area contributed by atoms with E-state index in [1.807, 2.05) is 4.90 Å². The zero-order valence-electron chi connectivity index (χ0n) is 9.80. The minimum atomic E-state index is 0.343. The lowest BCUT2D eigenvalue weighted by Gasteiger charge is -2.34.